The summed E-state index contributed by atoms with van der Waals surface area (Å²) in [6.45, 7) is 2.05. The van der Waals surface area contributed by atoms with Crippen LogP contribution in [0.5, 0.6) is 5.75 Å². The Bertz CT molecular complexity index is 999. The highest BCUT2D eigenvalue weighted by Gasteiger charge is 2.47. The molecule has 150 valence electrons. The molecule has 1 N–H and O–H groups in total. The van der Waals surface area contributed by atoms with Crippen molar-refractivity contribution in [1.82, 2.24) is 30.2 Å². The summed E-state index contributed by atoms with van der Waals surface area (Å²) in [5.41, 5.74) is 3.47. The molecular weight excluding hydrogens is 372 g/mol. The Labute approximate surface area is 167 Å². The van der Waals surface area contributed by atoms with Crippen LogP contribution in [0.15, 0.2) is 30.7 Å². The minimum atomic E-state index is -0.284. The molecule has 0 atom stereocenters. The molecule has 3 aromatic rings. The molecule has 9 heteroatoms. The zero-order valence-electron chi connectivity index (χ0n) is 16.0. The number of hydrogen-bond donors (Lipinski definition) is 1. The van der Waals surface area contributed by atoms with Crippen LogP contribution in [0.1, 0.15) is 25.7 Å². The maximum absolute atomic E-state index is 6.12. The van der Waals surface area contributed by atoms with E-state index in [1.807, 2.05) is 18.3 Å². The fourth-order valence-electron chi connectivity index (χ4n) is 3.51. The first-order valence-corrected chi connectivity index (χ1v) is 10.1. The van der Waals surface area contributed by atoms with E-state index in [1.165, 1.54) is 12.8 Å². The van der Waals surface area contributed by atoms with Gasteiger partial charge in [-0.3, -0.25) is 5.10 Å². The van der Waals surface area contributed by atoms with Crippen LogP contribution in [0.2, 0.25) is 0 Å². The summed E-state index contributed by atoms with van der Waals surface area (Å²) in [6, 6.07) is 3.89. The van der Waals surface area contributed by atoms with Crippen molar-refractivity contribution in [3.63, 3.8) is 0 Å². The SMILES string of the molecule is c1cc(-c2cnc(-c3cn(CC4OCC5(CC5)CO4)nn3)c(OC3CC3)c2)[nH]n1. The van der Waals surface area contributed by atoms with E-state index in [4.69, 9.17) is 14.2 Å². The Morgan fingerprint density at radius 2 is 2.10 bits per heavy atom. The van der Waals surface area contributed by atoms with Gasteiger partial charge in [-0.2, -0.15) is 5.10 Å². The van der Waals surface area contributed by atoms with Gasteiger partial charge in [-0.05, 0) is 37.8 Å². The predicted molar refractivity (Wildman–Crippen MR) is 102 cm³/mol. The number of H-pyrrole nitrogens is 1. The lowest BCUT2D eigenvalue weighted by molar-refractivity contribution is -0.213. The first-order chi connectivity index (χ1) is 14.3. The van der Waals surface area contributed by atoms with Gasteiger partial charge in [0.05, 0.1) is 37.8 Å². The highest BCUT2D eigenvalue weighted by Crippen LogP contribution is 2.48. The zero-order chi connectivity index (χ0) is 19.3. The maximum Gasteiger partial charge on any atom is 0.177 e. The summed E-state index contributed by atoms with van der Waals surface area (Å²) in [6.07, 6.45) is 9.90. The molecule has 0 aromatic carbocycles. The topological polar surface area (TPSA) is 100.0 Å². The average molecular weight is 394 g/mol. The first kappa shape index (κ1) is 17.1. The van der Waals surface area contributed by atoms with Crippen molar-refractivity contribution in [1.29, 1.82) is 0 Å². The van der Waals surface area contributed by atoms with Gasteiger partial charge in [0.25, 0.3) is 0 Å². The number of hydrogen-bond acceptors (Lipinski definition) is 7. The number of aromatic nitrogens is 6. The first-order valence-electron chi connectivity index (χ1n) is 10.1. The van der Waals surface area contributed by atoms with Crippen molar-refractivity contribution in [3.8, 4) is 28.4 Å². The Hall–Kier alpha value is -2.78. The third-order valence-electron chi connectivity index (χ3n) is 5.71. The monoisotopic (exact) mass is 394 g/mol. The van der Waals surface area contributed by atoms with E-state index in [-0.39, 0.29) is 12.4 Å². The van der Waals surface area contributed by atoms with Gasteiger partial charge in [0.15, 0.2) is 6.29 Å². The van der Waals surface area contributed by atoms with Crippen molar-refractivity contribution in [2.75, 3.05) is 13.2 Å². The van der Waals surface area contributed by atoms with Crippen LogP contribution in [0, 0.1) is 5.41 Å². The summed E-state index contributed by atoms with van der Waals surface area (Å²) in [5.74, 6) is 0.715. The van der Waals surface area contributed by atoms with Gasteiger partial charge in [0, 0.05) is 23.4 Å². The molecule has 0 unspecified atom stereocenters. The molecule has 3 aromatic heterocycles. The van der Waals surface area contributed by atoms with Gasteiger partial charge in [0.1, 0.15) is 17.1 Å². The number of pyridine rings is 1. The van der Waals surface area contributed by atoms with Crippen molar-refractivity contribution >= 4 is 0 Å². The Morgan fingerprint density at radius 1 is 1.24 bits per heavy atom. The summed E-state index contributed by atoms with van der Waals surface area (Å²) < 4.78 is 19.6. The average Bonchev–Trinajstić information content (AvgIpc) is 3.58. The highest BCUT2D eigenvalue weighted by molar-refractivity contribution is 5.68. The van der Waals surface area contributed by atoms with E-state index in [2.05, 4.69) is 25.5 Å². The Kier molecular flexibility index (Phi) is 3.91. The molecule has 0 amide bonds. The number of rotatable bonds is 6. The maximum atomic E-state index is 6.12. The third-order valence-corrected chi connectivity index (χ3v) is 5.71. The number of nitrogens with zero attached hydrogens (tertiary/aromatic N) is 5. The minimum Gasteiger partial charge on any atom is -0.488 e. The lowest BCUT2D eigenvalue weighted by atomic mass is 10.1. The van der Waals surface area contributed by atoms with Crippen LogP contribution in [0.3, 0.4) is 0 Å². The molecule has 0 bridgehead atoms. The van der Waals surface area contributed by atoms with Crippen molar-refractivity contribution in [2.45, 2.75) is 44.6 Å². The third kappa shape index (κ3) is 3.51. The Morgan fingerprint density at radius 3 is 2.83 bits per heavy atom. The lowest BCUT2D eigenvalue weighted by Gasteiger charge is -2.29. The molecule has 6 rings (SSSR count). The largest absolute Gasteiger partial charge is 0.488 e. The minimum absolute atomic E-state index is 0.251. The van der Waals surface area contributed by atoms with Crippen molar-refractivity contribution in [3.05, 3.63) is 30.7 Å². The second-order valence-electron chi connectivity index (χ2n) is 8.24. The van der Waals surface area contributed by atoms with E-state index in [0.29, 0.717) is 29.1 Å². The molecule has 1 spiro atoms. The van der Waals surface area contributed by atoms with Gasteiger partial charge >= 0.3 is 0 Å². The van der Waals surface area contributed by atoms with Gasteiger partial charge < -0.3 is 14.2 Å². The van der Waals surface area contributed by atoms with Crippen molar-refractivity contribution in [2.24, 2.45) is 5.41 Å². The molecule has 3 fully saturated rings. The number of ether oxygens (including phenoxy) is 3. The molecular formula is C20H22N6O3. The smallest absolute Gasteiger partial charge is 0.177 e. The van der Waals surface area contributed by atoms with Crippen LogP contribution in [-0.2, 0) is 16.0 Å². The van der Waals surface area contributed by atoms with Gasteiger partial charge in [-0.25, -0.2) is 9.67 Å². The van der Waals surface area contributed by atoms with Crippen LogP contribution >= 0.6 is 0 Å². The molecule has 2 saturated carbocycles. The molecule has 1 saturated heterocycles. The molecule has 3 aliphatic rings. The molecule has 29 heavy (non-hydrogen) atoms. The highest BCUT2D eigenvalue weighted by atomic mass is 16.7. The molecule has 4 heterocycles. The number of aromatic amines is 1. The van der Waals surface area contributed by atoms with Crippen LogP contribution < -0.4 is 4.74 Å². The summed E-state index contributed by atoms with van der Waals surface area (Å²) >= 11 is 0. The normalized spacial score (nSPS) is 20.8. The van der Waals surface area contributed by atoms with Crippen LogP contribution in [-0.4, -0.2) is 55.8 Å². The summed E-state index contributed by atoms with van der Waals surface area (Å²) in [7, 11) is 0. The standard InChI is InChI=1S/C20H22N6O3/c1-2-14(1)29-17-7-13(15-3-6-22-23-15)8-21-19(17)16-9-26(25-24-16)10-18-27-11-20(4-5-20)12-28-18/h3,6-9,14,18H,1-2,4-5,10-12H2,(H,22,23). The van der Waals surface area contributed by atoms with Crippen LogP contribution in [0.4, 0.5) is 0 Å². The second kappa shape index (κ2) is 6.64. The fourth-order valence-corrected chi connectivity index (χ4v) is 3.51. The summed E-state index contributed by atoms with van der Waals surface area (Å²) in [4.78, 5) is 4.62. The fraction of sp³-hybridized carbons (Fsp3) is 0.500. The van der Waals surface area contributed by atoms with E-state index < -0.39 is 0 Å². The van der Waals surface area contributed by atoms with Crippen molar-refractivity contribution < 1.29 is 14.2 Å². The molecule has 2 aliphatic carbocycles. The van der Waals surface area contributed by atoms with Gasteiger partial charge in [0.2, 0.25) is 0 Å². The lowest BCUT2D eigenvalue weighted by Crippen LogP contribution is -2.36. The zero-order valence-corrected chi connectivity index (χ0v) is 16.0. The molecule has 1 aliphatic heterocycles. The molecule has 0 radical (unpaired) electrons. The van der Waals surface area contributed by atoms with E-state index >= 15 is 0 Å². The Balaban J connectivity index is 1.22. The second-order valence-corrected chi connectivity index (χ2v) is 8.24. The quantitative estimate of drug-likeness (QED) is 0.685. The van der Waals surface area contributed by atoms with E-state index in [9.17, 15) is 0 Å². The molecule has 9 nitrogen and oxygen atoms in total. The van der Waals surface area contributed by atoms with Crippen LogP contribution in [0.25, 0.3) is 22.6 Å². The summed E-state index contributed by atoms with van der Waals surface area (Å²) in [5, 5.41) is 15.5. The van der Waals surface area contributed by atoms with E-state index in [0.717, 1.165) is 37.3 Å². The predicted octanol–water partition coefficient (Wildman–Crippen LogP) is 2.42. The number of nitrogens with one attached hydrogen (secondary N) is 1. The van der Waals surface area contributed by atoms with E-state index in [1.54, 1.807) is 17.1 Å². The van der Waals surface area contributed by atoms with Gasteiger partial charge in [-0.15, -0.1) is 5.10 Å². The van der Waals surface area contributed by atoms with Gasteiger partial charge in [-0.1, -0.05) is 5.21 Å².